The standard InChI is InChI=1S/C15H9BrCl2N2O/c16-10-3-1-9(2-4-10)7-21-15-12-5-11(17)6-13(18)14(12)19-8-20-15/h1-6,8H,7H2. The minimum atomic E-state index is 0.406. The second kappa shape index (κ2) is 6.18. The average molecular weight is 384 g/mol. The molecule has 0 radical (unpaired) electrons. The fourth-order valence-electron chi connectivity index (χ4n) is 1.92. The molecule has 1 aromatic heterocycles. The Morgan fingerprint density at radius 1 is 1.05 bits per heavy atom. The van der Waals surface area contributed by atoms with E-state index < -0.39 is 0 Å². The molecule has 1 heterocycles. The van der Waals surface area contributed by atoms with Crippen LogP contribution in [0.1, 0.15) is 5.56 Å². The van der Waals surface area contributed by atoms with Crippen molar-refractivity contribution in [2.45, 2.75) is 6.61 Å². The molecule has 0 fully saturated rings. The van der Waals surface area contributed by atoms with Crippen LogP contribution in [0.15, 0.2) is 47.2 Å². The van der Waals surface area contributed by atoms with Gasteiger partial charge in [0, 0.05) is 9.50 Å². The third kappa shape index (κ3) is 3.28. The lowest BCUT2D eigenvalue weighted by Gasteiger charge is -2.09. The van der Waals surface area contributed by atoms with Gasteiger partial charge in [-0.2, -0.15) is 0 Å². The lowest BCUT2D eigenvalue weighted by atomic mass is 10.2. The van der Waals surface area contributed by atoms with Crippen molar-refractivity contribution in [2.75, 3.05) is 0 Å². The van der Waals surface area contributed by atoms with Gasteiger partial charge in [0.2, 0.25) is 5.88 Å². The van der Waals surface area contributed by atoms with Crippen molar-refractivity contribution in [2.24, 2.45) is 0 Å². The summed E-state index contributed by atoms with van der Waals surface area (Å²) in [6.45, 7) is 0.406. The van der Waals surface area contributed by atoms with Gasteiger partial charge in [-0.05, 0) is 29.8 Å². The Hall–Kier alpha value is -1.36. The maximum Gasteiger partial charge on any atom is 0.224 e. The van der Waals surface area contributed by atoms with Crippen LogP contribution in [0.25, 0.3) is 10.9 Å². The molecule has 21 heavy (non-hydrogen) atoms. The number of benzene rings is 2. The first-order valence-electron chi connectivity index (χ1n) is 6.10. The molecule has 0 amide bonds. The first-order valence-corrected chi connectivity index (χ1v) is 7.65. The van der Waals surface area contributed by atoms with E-state index in [0.29, 0.717) is 33.4 Å². The molecule has 0 atom stereocenters. The summed E-state index contributed by atoms with van der Waals surface area (Å²) < 4.78 is 6.80. The van der Waals surface area contributed by atoms with Gasteiger partial charge in [-0.1, -0.05) is 51.3 Å². The smallest absolute Gasteiger partial charge is 0.224 e. The molecule has 0 aliphatic rings. The third-order valence-electron chi connectivity index (χ3n) is 2.91. The maximum absolute atomic E-state index is 6.13. The molecule has 0 aliphatic heterocycles. The van der Waals surface area contributed by atoms with E-state index in [2.05, 4.69) is 25.9 Å². The van der Waals surface area contributed by atoms with Crippen molar-refractivity contribution in [3.8, 4) is 5.88 Å². The van der Waals surface area contributed by atoms with Gasteiger partial charge in [0.1, 0.15) is 12.9 Å². The predicted molar refractivity (Wildman–Crippen MR) is 88.0 cm³/mol. The van der Waals surface area contributed by atoms with Crippen LogP contribution < -0.4 is 4.74 Å². The van der Waals surface area contributed by atoms with Crippen molar-refractivity contribution in [3.63, 3.8) is 0 Å². The number of halogens is 3. The lowest BCUT2D eigenvalue weighted by Crippen LogP contribution is -1.98. The molecule has 0 spiro atoms. The van der Waals surface area contributed by atoms with Crippen molar-refractivity contribution < 1.29 is 4.74 Å². The number of hydrogen-bond acceptors (Lipinski definition) is 3. The molecule has 6 heteroatoms. The van der Waals surface area contributed by atoms with E-state index in [1.165, 1.54) is 6.33 Å². The molecular weight excluding hydrogens is 375 g/mol. The number of ether oxygens (including phenoxy) is 1. The lowest BCUT2D eigenvalue weighted by molar-refractivity contribution is 0.297. The van der Waals surface area contributed by atoms with Gasteiger partial charge in [0.25, 0.3) is 0 Å². The van der Waals surface area contributed by atoms with Gasteiger partial charge in [0.05, 0.1) is 15.9 Å². The highest BCUT2D eigenvalue weighted by molar-refractivity contribution is 9.10. The zero-order valence-corrected chi connectivity index (χ0v) is 13.8. The van der Waals surface area contributed by atoms with Crippen LogP contribution in [0.3, 0.4) is 0 Å². The van der Waals surface area contributed by atoms with Gasteiger partial charge >= 0.3 is 0 Å². The summed E-state index contributed by atoms with van der Waals surface area (Å²) in [5.74, 6) is 0.465. The molecule has 0 saturated heterocycles. The van der Waals surface area contributed by atoms with E-state index in [4.69, 9.17) is 27.9 Å². The average Bonchev–Trinajstić information content (AvgIpc) is 2.47. The van der Waals surface area contributed by atoms with E-state index in [1.54, 1.807) is 12.1 Å². The van der Waals surface area contributed by atoms with Gasteiger partial charge in [-0.25, -0.2) is 9.97 Å². The van der Waals surface area contributed by atoms with Crippen LogP contribution in [0.5, 0.6) is 5.88 Å². The fraction of sp³-hybridized carbons (Fsp3) is 0.0667. The molecule has 2 aromatic carbocycles. The van der Waals surface area contributed by atoms with E-state index in [1.807, 2.05) is 24.3 Å². The van der Waals surface area contributed by atoms with Crippen molar-refractivity contribution >= 4 is 50.0 Å². The van der Waals surface area contributed by atoms with E-state index in [-0.39, 0.29) is 0 Å². The summed E-state index contributed by atoms with van der Waals surface area (Å²) in [5.41, 5.74) is 1.67. The summed E-state index contributed by atoms with van der Waals surface area (Å²) in [5, 5.41) is 1.70. The zero-order valence-electron chi connectivity index (χ0n) is 10.7. The molecule has 0 bridgehead atoms. The van der Waals surface area contributed by atoms with Crippen molar-refractivity contribution in [1.29, 1.82) is 0 Å². The highest BCUT2D eigenvalue weighted by Crippen LogP contribution is 2.31. The summed E-state index contributed by atoms with van der Waals surface area (Å²) in [4.78, 5) is 8.32. The van der Waals surface area contributed by atoms with E-state index in [9.17, 15) is 0 Å². The normalized spacial score (nSPS) is 10.8. The highest BCUT2D eigenvalue weighted by Gasteiger charge is 2.09. The van der Waals surface area contributed by atoms with Gasteiger partial charge in [0.15, 0.2) is 0 Å². The maximum atomic E-state index is 6.13. The Kier molecular flexibility index (Phi) is 4.29. The molecule has 0 N–H and O–H groups in total. The Morgan fingerprint density at radius 3 is 2.57 bits per heavy atom. The number of nitrogens with zero attached hydrogens (tertiary/aromatic N) is 2. The Bertz CT molecular complexity index is 794. The molecule has 3 rings (SSSR count). The fourth-order valence-corrected chi connectivity index (χ4v) is 2.72. The monoisotopic (exact) mass is 382 g/mol. The molecule has 106 valence electrons. The molecule has 0 saturated carbocycles. The minimum absolute atomic E-state index is 0.406. The second-order valence-electron chi connectivity index (χ2n) is 4.38. The topological polar surface area (TPSA) is 35.0 Å². The molecular formula is C15H9BrCl2N2O. The first kappa shape index (κ1) is 14.6. The summed E-state index contributed by atoms with van der Waals surface area (Å²) in [6.07, 6.45) is 1.43. The Labute approximate surface area is 140 Å². The molecule has 0 aliphatic carbocycles. The van der Waals surface area contributed by atoms with E-state index in [0.717, 1.165) is 10.0 Å². The summed E-state index contributed by atoms with van der Waals surface area (Å²) >= 11 is 15.6. The number of aromatic nitrogens is 2. The Balaban J connectivity index is 1.92. The van der Waals surface area contributed by atoms with Crippen LogP contribution in [0.4, 0.5) is 0 Å². The Morgan fingerprint density at radius 2 is 1.81 bits per heavy atom. The van der Waals surface area contributed by atoms with Crippen LogP contribution in [-0.2, 0) is 6.61 Å². The highest BCUT2D eigenvalue weighted by atomic mass is 79.9. The molecule has 0 unspecified atom stereocenters. The van der Waals surface area contributed by atoms with Crippen LogP contribution in [0, 0.1) is 0 Å². The SMILES string of the molecule is Clc1cc(Cl)c2ncnc(OCc3ccc(Br)cc3)c2c1. The van der Waals surface area contributed by atoms with E-state index >= 15 is 0 Å². The van der Waals surface area contributed by atoms with Crippen molar-refractivity contribution in [1.82, 2.24) is 9.97 Å². The largest absolute Gasteiger partial charge is 0.472 e. The number of fused-ring (bicyclic) bond motifs is 1. The van der Waals surface area contributed by atoms with Gasteiger partial charge < -0.3 is 4.74 Å². The first-order chi connectivity index (χ1) is 10.1. The van der Waals surface area contributed by atoms with Crippen LogP contribution >= 0.6 is 39.1 Å². The second-order valence-corrected chi connectivity index (χ2v) is 6.14. The number of hydrogen-bond donors (Lipinski definition) is 0. The predicted octanol–water partition coefficient (Wildman–Crippen LogP) is 5.28. The third-order valence-corrected chi connectivity index (χ3v) is 3.94. The zero-order chi connectivity index (χ0) is 14.8. The van der Waals surface area contributed by atoms with Crippen LogP contribution in [0.2, 0.25) is 10.0 Å². The van der Waals surface area contributed by atoms with Crippen molar-refractivity contribution in [3.05, 3.63) is 62.8 Å². The number of rotatable bonds is 3. The quantitative estimate of drug-likeness (QED) is 0.617. The minimum Gasteiger partial charge on any atom is -0.472 e. The van der Waals surface area contributed by atoms with Crippen LogP contribution in [-0.4, -0.2) is 9.97 Å². The molecule has 3 nitrogen and oxygen atoms in total. The summed E-state index contributed by atoms with van der Waals surface area (Å²) in [7, 11) is 0. The van der Waals surface area contributed by atoms with Gasteiger partial charge in [-0.3, -0.25) is 0 Å². The summed E-state index contributed by atoms with van der Waals surface area (Å²) in [6, 6.07) is 11.3. The molecule has 3 aromatic rings. The van der Waals surface area contributed by atoms with Gasteiger partial charge in [-0.15, -0.1) is 0 Å².